The molecule has 0 saturated carbocycles. The average Bonchev–Trinajstić information content (AvgIpc) is 2.56. The number of hydrogen-bond acceptors (Lipinski definition) is 2. The van der Waals surface area contributed by atoms with Crippen LogP contribution in [0.5, 0.6) is 0 Å². The van der Waals surface area contributed by atoms with Crippen LogP contribution in [-0.2, 0) is 4.79 Å². The molecule has 0 atom stereocenters. The van der Waals surface area contributed by atoms with Gasteiger partial charge >= 0.3 is 0 Å². The van der Waals surface area contributed by atoms with Crippen LogP contribution in [-0.4, -0.2) is 11.6 Å². The monoisotopic (exact) mass is 296 g/mol. The highest BCUT2D eigenvalue weighted by molar-refractivity contribution is 6.02. The Balaban J connectivity index is 1.94. The molecular weight excluding hydrogens is 272 g/mol. The first kappa shape index (κ1) is 16.2. The van der Waals surface area contributed by atoms with E-state index in [0.717, 1.165) is 24.1 Å². The maximum atomic E-state index is 11.7. The molecule has 0 aliphatic heterocycles. The third kappa shape index (κ3) is 4.69. The van der Waals surface area contributed by atoms with Crippen molar-refractivity contribution in [2.24, 2.45) is 5.10 Å². The fraction of sp³-hybridized carbons (Fsp3) is 0.368. The number of fused-ring (bicyclic) bond motifs is 1. The molecule has 2 aromatic carbocycles. The molecule has 0 saturated heterocycles. The quantitative estimate of drug-likeness (QED) is 0.451. The van der Waals surface area contributed by atoms with Gasteiger partial charge in [0.1, 0.15) is 0 Å². The van der Waals surface area contributed by atoms with Crippen LogP contribution in [0.2, 0.25) is 0 Å². The van der Waals surface area contributed by atoms with Crippen molar-refractivity contribution in [3.8, 4) is 0 Å². The molecule has 1 amide bonds. The zero-order chi connectivity index (χ0) is 15.8. The van der Waals surface area contributed by atoms with Crippen molar-refractivity contribution in [2.75, 3.05) is 0 Å². The summed E-state index contributed by atoms with van der Waals surface area (Å²) in [7, 11) is 0. The summed E-state index contributed by atoms with van der Waals surface area (Å²) in [6.07, 6.45) is 4.96. The topological polar surface area (TPSA) is 41.5 Å². The van der Waals surface area contributed by atoms with E-state index in [2.05, 4.69) is 41.7 Å². The van der Waals surface area contributed by atoms with Crippen molar-refractivity contribution in [2.45, 2.75) is 46.0 Å². The van der Waals surface area contributed by atoms with E-state index in [-0.39, 0.29) is 5.91 Å². The number of nitrogens with zero attached hydrogens (tertiary/aromatic N) is 1. The van der Waals surface area contributed by atoms with Gasteiger partial charge in [0.15, 0.2) is 0 Å². The summed E-state index contributed by atoms with van der Waals surface area (Å²) in [5, 5.41) is 6.61. The maximum Gasteiger partial charge on any atom is 0.240 e. The van der Waals surface area contributed by atoms with E-state index in [9.17, 15) is 4.79 Å². The van der Waals surface area contributed by atoms with Crippen molar-refractivity contribution < 1.29 is 4.79 Å². The molecule has 1 N–H and O–H groups in total. The Bertz CT molecular complexity index is 661. The molecule has 2 rings (SSSR count). The first-order valence-electron chi connectivity index (χ1n) is 8.03. The van der Waals surface area contributed by atoms with Crippen LogP contribution in [0.3, 0.4) is 0 Å². The lowest BCUT2D eigenvalue weighted by Gasteiger charge is -2.05. The minimum absolute atomic E-state index is 0.00348. The lowest BCUT2D eigenvalue weighted by atomic mass is 10.0. The Morgan fingerprint density at radius 3 is 2.59 bits per heavy atom. The van der Waals surface area contributed by atoms with Crippen molar-refractivity contribution in [3.63, 3.8) is 0 Å². The van der Waals surface area contributed by atoms with Crippen molar-refractivity contribution in [3.05, 3.63) is 48.0 Å². The highest BCUT2D eigenvalue weighted by atomic mass is 16.2. The van der Waals surface area contributed by atoms with E-state index < -0.39 is 0 Å². The Kier molecular flexibility index (Phi) is 6.13. The Labute approximate surface area is 132 Å². The van der Waals surface area contributed by atoms with E-state index in [1.807, 2.05) is 25.1 Å². The van der Waals surface area contributed by atoms with E-state index in [4.69, 9.17) is 0 Å². The van der Waals surface area contributed by atoms with E-state index in [1.54, 1.807) is 0 Å². The smallest absolute Gasteiger partial charge is 0.240 e. The SMILES string of the molecule is CCCCCCC(=O)N/N=C(\C)c1ccc2ccccc2c1. The van der Waals surface area contributed by atoms with Gasteiger partial charge in [0.2, 0.25) is 5.91 Å². The van der Waals surface area contributed by atoms with Gasteiger partial charge in [-0.1, -0.05) is 62.6 Å². The third-order valence-corrected chi connectivity index (χ3v) is 3.77. The van der Waals surface area contributed by atoms with Gasteiger partial charge in [-0.3, -0.25) is 4.79 Å². The molecule has 0 spiro atoms. The van der Waals surface area contributed by atoms with Crippen LogP contribution in [0.1, 0.15) is 51.5 Å². The Morgan fingerprint density at radius 2 is 1.82 bits per heavy atom. The zero-order valence-corrected chi connectivity index (χ0v) is 13.4. The molecule has 0 heterocycles. The second kappa shape index (κ2) is 8.32. The molecule has 0 aliphatic rings. The largest absolute Gasteiger partial charge is 0.273 e. The van der Waals surface area contributed by atoms with Crippen LogP contribution in [0, 0.1) is 0 Å². The van der Waals surface area contributed by atoms with E-state index >= 15 is 0 Å². The van der Waals surface area contributed by atoms with Crippen LogP contribution < -0.4 is 5.43 Å². The zero-order valence-electron chi connectivity index (χ0n) is 13.4. The standard InChI is InChI=1S/C19H24N2O/c1-3-4-5-6-11-19(22)21-20-15(2)17-13-12-16-9-7-8-10-18(16)14-17/h7-10,12-14H,3-6,11H2,1-2H3,(H,21,22)/b20-15+. The summed E-state index contributed by atoms with van der Waals surface area (Å²) >= 11 is 0. The highest BCUT2D eigenvalue weighted by Crippen LogP contribution is 2.16. The fourth-order valence-corrected chi connectivity index (χ4v) is 2.39. The van der Waals surface area contributed by atoms with Crippen LogP contribution in [0.25, 0.3) is 10.8 Å². The predicted molar refractivity (Wildman–Crippen MR) is 93.1 cm³/mol. The number of benzene rings is 2. The minimum Gasteiger partial charge on any atom is -0.273 e. The predicted octanol–water partition coefficient (Wildman–Crippen LogP) is 4.65. The molecule has 0 aliphatic carbocycles. The molecule has 22 heavy (non-hydrogen) atoms. The molecule has 0 aromatic heterocycles. The molecule has 3 heteroatoms. The van der Waals surface area contributed by atoms with E-state index in [1.165, 1.54) is 23.6 Å². The summed E-state index contributed by atoms with van der Waals surface area (Å²) in [5.74, 6) is -0.00348. The van der Waals surface area contributed by atoms with Crippen LogP contribution in [0.4, 0.5) is 0 Å². The average molecular weight is 296 g/mol. The van der Waals surface area contributed by atoms with Gasteiger partial charge in [0.25, 0.3) is 0 Å². The van der Waals surface area contributed by atoms with Gasteiger partial charge in [0, 0.05) is 6.42 Å². The lowest BCUT2D eigenvalue weighted by molar-refractivity contribution is -0.121. The first-order valence-corrected chi connectivity index (χ1v) is 8.03. The number of carbonyl (C=O) groups excluding carboxylic acids is 1. The first-order chi connectivity index (χ1) is 10.7. The number of rotatable bonds is 7. The lowest BCUT2D eigenvalue weighted by Crippen LogP contribution is -2.18. The number of unbranched alkanes of at least 4 members (excludes halogenated alkanes) is 3. The van der Waals surface area contributed by atoms with Gasteiger partial charge in [-0.05, 0) is 35.7 Å². The summed E-state index contributed by atoms with van der Waals surface area (Å²) < 4.78 is 0. The summed E-state index contributed by atoms with van der Waals surface area (Å²) in [6, 6.07) is 14.4. The number of hydrogen-bond donors (Lipinski definition) is 1. The minimum atomic E-state index is -0.00348. The van der Waals surface area contributed by atoms with Gasteiger partial charge in [-0.15, -0.1) is 0 Å². The molecule has 0 fully saturated rings. The molecular formula is C19H24N2O. The van der Waals surface area contributed by atoms with E-state index in [0.29, 0.717) is 6.42 Å². The fourth-order valence-electron chi connectivity index (χ4n) is 2.39. The Morgan fingerprint density at radius 1 is 1.05 bits per heavy atom. The van der Waals surface area contributed by atoms with Crippen LogP contribution >= 0.6 is 0 Å². The van der Waals surface area contributed by atoms with Crippen LogP contribution in [0.15, 0.2) is 47.6 Å². The Hall–Kier alpha value is -2.16. The summed E-state index contributed by atoms with van der Waals surface area (Å²) in [6.45, 7) is 4.08. The molecule has 3 nitrogen and oxygen atoms in total. The summed E-state index contributed by atoms with van der Waals surface area (Å²) in [5.41, 5.74) is 4.51. The van der Waals surface area contributed by atoms with Gasteiger partial charge in [-0.25, -0.2) is 5.43 Å². The molecule has 116 valence electrons. The highest BCUT2D eigenvalue weighted by Gasteiger charge is 2.02. The second-order valence-electron chi connectivity index (χ2n) is 5.60. The van der Waals surface area contributed by atoms with Gasteiger partial charge in [-0.2, -0.15) is 5.10 Å². The maximum absolute atomic E-state index is 11.7. The normalized spacial score (nSPS) is 11.6. The number of amides is 1. The number of nitrogens with one attached hydrogen (secondary N) is 1. The molecule has 2 aromatic rings. The molecule has 0 unspecified atom stereocenters. The van der Waals surface area contributed by atoms with Crippen molar-refractivity contribution in [1.29, 1.82) is 0 Å². The molecule has 0 radical (unpaired) electrons. The third-order valence-electron chi connectivity index (χ3n) is 3.77. The second-order valence-corrected chi connectivity index (χ2v) is 5.60. The number of hydrazone groups is 1. The summed E-state index contributed by atoms with van der Waals surface area (Å²) in [4.78, 5) is 11.7. The van der Waals surface area contributed by atoms with Crippen molar-refractivity contribution in [1.82, 2.24) is 5.43 Å². The number of carbonyl (C=O) groups is 1. The van der Waals surface area contributed by atoms with Gasteiger partial charge < -0.3 is 0 Å². The van der Waals surface area contributed by atoms with Crippen molar-refractivity contribution >= 4 is 22.4 Å². The molecule has 0 bridgehead atoms. The van der Waals surface area contributed by atoms with Gasteiger partial charge in [0.05, 0.1) is 5.71 Å².